The fraction of sp³-hybridized carbons (Fsp3) is 0.450. The van der Waals surface area contributed by atoms with Crippen molar-refractivity contribution in [3.63, 3.8) is 0 Å². The Labute approximate surface area is 159 Å². The van der Waals surface area contributed by atoms with Crippen molar-refractivity contribution in [1.29, 1.82) is 0 Å². The number of nitrogens with zero attached hydrogens (tertiary/aromatic N) is 3. The summed E-state index contributed by atoms with van der Waals surface area (Å²) in [6.45, 7) is 4.43. The van der Waals surface area contributed by atoms with E-state index in [1.165, 1.54) is 19.3 Å². The van der Waals surface area contributed by atoms with Crippen LogP contribution in [0.5, 0.6) is 5.75 Å². The highest BCUT2D eigenvalue weighted by Crippen LogP contribution is 2.31. The van der Waals surface area contributed by atoms with Crippen LogP contribution < -0.4 is 15.8 Å². The molecule has 1 aliphatic carbocycles. The molecular formula is C20H25BN4O2. The van der Waals surface area contributed by atoms with E-state index < -0.39 is 0 Å². The van der Waals surface area contributed by atoms with Crippen molar-refractivity contribution in [2.45, 2.75) is 52.0 Å². The van der Waals surface area contributed by atoms with Gasteiger partial charge in [0.2, 0.25) is 0 Å². The minimum absolute atomic E-state index is 0.135. The summed E-state index contributed by atoms with van der Waals surface area (Å²) < 4.78 is 7.69. The van der Waals surface area contributed by atoms with Crippen LogP contribution in [0, 0.1) is 6.92 Å². The first-order valence-corrected chi connectivity index (χ1v) is 9.81. The molecule has 2 heterocycles. The van der Waals surface area contributed by atoms with Crippen LogP contribution in [0.1, 0.15) is 50.8 Å². The molecule has 2 aromatic heterocycles. The largest absolute Gasteiger partial charge is 0.493 e. The third-order valence-electron chi connectivity index (χ3n) is 5.34. The Morgan fingerprint density at radius 3 is 2.81 bits per heavy atom. The maximum absolute atomic E-state index is 13.0. The maximum atomic E-state index is 13.0. The zero-order chi connectivity index (χ0) is 19.0. The van der Waals surface area contributed by atoms with Gasteiger partial charge in [-0.15, -0.1) is 0 Å². The number of aryl methyl sites for hydroxylation is 1. The fourth-order valence-corrected chi connectivity index (χ4v) is 4.01. The summed E-state index contributed by atoms with van der Waals surface area (Å²) in [4.78, 5) is 20.7. The third-order valence-corrected chi connectivity index (χ3v) is 5.34. The number of rotatable bonds is 4. The summed E-state index contributed by atoms with van der Waals surface area (Å²) in [7, 11) is 2.02. The Hall–Kier alpha value is -2.57. The van der Waals surface area contributed by atoms with Gasteiger partial charge < -0.3 is 9.72 Å². The summed E-state index contributed by atoms with van der Waals surface area (Å²) in [6, 6.07) is 6.22. The van der Waals surface area contributed by atoms with Gasteiger partial charge in [-0.2, -0.15) is 5.10 Å². The van der Waals surface area contributed by atoms with Crippen LogP contribution in [0.4, 0.5) is 0 Å². The smallest absolute Gasteiger partial charge is 0.277 e. The summed E-state index contributed by atoms with van der Waals surface area (Å²) in [5.41, 5.74) is 3.84. The summed E-state index contributed by atoms with van der Waals surface area (Å²) in [5.74, 6) is 1.26. The Morgan fingerprint density at radius 1 is 1.30 bits per heavy atom. The number of fused-ring (bicyclic) bond motifs is 1. The van der Waals surface area contributed by atoms with E-state index in [9.17, 15) is 4.79 Å². The molecule has 0 amide bonds. The van der Waals surface area contributed by atoms with Gasteiger partial charge in [-0.1, -0.05) is 30.8 Å². The Bertz CT molecular complexity index is 1030. The first-order chi connectivity index (χ1) is 13.1. The van der Waals surface area contributed by atoms with E-state index in [4.69, 9.17) is 9.72 Å². The van der Waals surface area contributed by atoms with Gasteiger partial charge in [-0.25, -0.2) is 4.98 Å². The highest BCUT2D eigenvalue weighted by Gasteiger charge is 2.23. The van der Waals surface area contributed by atoms with Gasteiger partial charge in [0.1, 0.15) is 24.9 Å². The monoisotopic (exact) mass is 364 g/mol. The second-order valence-corrected chi connectivity index (χ2v) is 7.37. The van der Waals surface area contributed by atoms with Gasteiger partial charge in [0.15, 0.2) is 5.52 Å². The van der Waals surface area contributed by atoms with E-state index in [-0.39, 0.29) is 5.56 Å². The second-order valence-electron chi connectivity index (χ2n) is 7.37. The van der Waals surface area contributed by atoms with E-state index in [2.05, 4.69) is 10.1 Å². The molecule has 1 N–H and O–H groups in total. The van der Waals surface area contributed by atoms with Crippen molar-refractivity contribution in [3.8, 4) is 17.1 Å². The van der Waals surface area contributed by atoms with Gasteiger partial charge in [-0.05, 0) is 38.8 Å². The number of H-pyrrole nitrogens is 1. The molecule has 27 heavy (non-hydrogen) atoms. The Morgan fingerprint density at radius 2 is 2.07 bits per heavy atom. The van der Waals surface area contributed by atoms with Crippen molar-refractivity contribution in [2.75, 3.05) is 6.61 Å². The van der Waals surface area contributed by atoms with Crippen molar-refractivity contribution in [3.05, 3.63) is 34.2 Å². The molecule has 3 aromatic rings. The van der Waals surface area contributed by atoms with E-state index in [0.29, 0.717) is 29.5 Å². The molecule has 0 saturated heterocycles. The molecule has 1 saturated carbocycles. The third kappa shape index (κ3) is 3.26. The SMILES string of the molecule is Bc1ccc(-c2nc3c(C)nn(C4CCCCC4)c3c(=O)[nH]2)c(OCC)c1. The summed E-state index contributed by atoms with van der Waals surface area (Å²) in [6.07, 6.45) is 5.79. The van der Waals surface area contributed by atoms with Crippen molar-refractivity contribution >= 4 is 24.3 Å². The first kappa shape index (κ1) is 17.8. The second kappa shape index (κ2) is 7.21. The molecule has 0 radical (unpaired) electrons. The molecular weight excluding hydrogens is 339 g/mol. The molecule has 1 aromatic carbocycles. The number of aromatic nitrogens is 4. The number of hydrogen-bond acceptors (Lipinski definition) is 4. The van der Waals surface area contributed by atoms with Gasteiger partial charge in [-0.3, -0.25) is 9.48 Å². The molecule has 1 fully saturated rings. The number of nitrogens with one attached hydrogen (secondary N) is 1. The van der Waals surface area contributed by atoms with Crippen molar-refractivity contribution in [1.82, 2.24) is 19.7 Å². The van der Waals surface area contributed by atoms with Gasteiger partial charge >= 0.3 is 0 Å². The summed E-state index contributed by atoms with van der Waals surface area (Å²) >= 11 is 0. The average molecular weight is 364 g/mol. The van der Waals surface area contributed by atoms with Crippen LogP contribution in [0.2, 0.25) is 0 Å². The number of hydrogen-bond donors (Lipinski definition) is 1. The highest BCUT2D eigenvalue weighted by atomic mass is 16.5. The average Bonchev–Trinajstić information content (AvgIpc) is 3.00. The Kier molecular flexibility index (Phi) is 4.76. The fourth-order valence-electron chi connectivity index (χ4n) is 4.01. The predicted molar refractivity (Wildman–Crippen MR) is 110 cm³/mol. The Balaban J connectivity index is 1.86. The molecule has 0 atom stereocenters. The van der Waals surface area contributed by atoms with Crippen LogP contribution in [-0.2, 0) is 0 Å². The maximum Gasteiger partial charge on any atom is 0.277 e. The van der Waals surface area contributed by atoms with Crippen molar-refractivity contribution in [2.24, 2.45) is 0 Å². The van der Waals surface area contributed by atoms with Gasteiger partial charge in [0, 0.05) is 0 Å². The molecule has 0 unspecified atom stereocenters. The molecule has 6 nitrogen and oxygen atoms in total. The first-order valence-electron chi connectivity index (χ1n) is 9.81. The molecule has 0 spiro atoms. The predicted octanol–water partition coefficient (Wildman–Crippen LogP) is 2.26. The molecule has 4 rings (SSSR count). The van der Waals surface area contributed by atoms with Crippen molar-refractivity contribution < 1.29 is 4.74 Å². The summed E-state index contributed by atoms with van der Waals surface area (Å²) in [5, 5.41) is 4.68. The number of ether oxygens (including phenoxy) is 1. The number of benzene rings is 1. The van der Waals surface area contributed by atoms with Crippen LogP contribution in [0.15, 0.2) is 23.0 Å². The highest BCUT2D eigenvalue weighted by molar-refractivity contribution is 6.32. The van der Waals surface area contributed by atoms with E-state index in [1.807, 2.05) is 44.6 Å². The lowest BCUT2D eigenvalue weighted by Crippen LogP contribution is -2.19. The van der Waals surface area contributed by atoms with Gasteiger partial charge in [0.25, 0.3) is 5.56 Å². The lowest BCUT2D eigenvalue weighted by Gasteiger charge is -2.22. The van der Waals surface area contributed by atoms with Crippen LogP contribution in [-0.4, -0.2) is 34.2 Å². The van der Waals surface area contributed by atoms with Gasteiger partial charge in [0.05, 0.1) is 23.9 Å². The zero-order valence-corrected chi connectivity index (χ0v) is 16.2. The molecule has 0 bridgehead atoms. The molecule has 1 aliphatic rings. The lowest BCUT2D eigenvalue weighted by atomic mass is 9.94. The van der Waals surface area contributed by atoms with Crippen LogP contribution in [0.25, 0.3) is 22.4 Å². The van der Waals surface area contributed by atoms with E-state index >= 15 is 0 Å². The van der Waals surface area contributed by atoms with E-state index in [0.717, 1.165) is 35.3 Å². The zero-order valence-electron chi connectivity index (χ0n) is 16.2. The standard InChI is InChI=1S/C20H25BN4O2/c1-3-27-16-11-13(21)9-10-15(16)19-22-17-12(2)24-25(18(17)20(26)23-19)14-7-5-4-6-8-14/h9-11,14H,3-8,21H2,1-2H3,(H,22,23,26). The quantitative estimate of drug-likeness (QED) is 0.721. The lowest BCUT2D eigenvalue weighted by molar-refractivity contribution is 0.336. The van der Waals surface area contributed by atoms with E-state index in [1.54, 1.807) is 0 Å². The number of aromatic amines is 1. The molecule has 0 aliphatic heterocycles. The topological polar surface area (TPSA) is 72.8 Å². The normalized spacial score (nSPS) is 15.3. The van der Waals surface area contributed by atoms with Crippen LogP contribution in [0.3, 0.4) is 0 Å². The van der Waals surface area contributed by atoms with Crippen LogP contribution >= 0.6 is 0 Å². The molecule has 7 heteroatoms. The minimum atomic E-state index is -0.135. The minimum Gasteiger partial charge on any atom is -0.493 e. The molecule has 140 valence electrons.